The van der Waals surface area contributed by atoms with Crippen molar-refractivity contribution in [3.05, 3.63) is 45.6 Å². The number of nitrogens with zero attached hydrogens (tertiary/aromatic N) is 3. The molecule has 3 rings (SSSR count). The molecule has 0 aromatic heterocycles. The molecule has 27 heavy (non-hydrogen) atoms. The Morgan fingerprint density at radius 1 is 1.04 bits per heavy atom. The highest BCUT2D eigenvalue weighted by Gasteiger charge is 2.34. The molecule has 0 unspecified atom stereocenters. The summed E-state index contributed by atoms with van der Waals surface area (Å²) in [6.45, 7) is 7.37. The van der Waals surface area contributed by atoms with E-state index in [-0.39, 0.29) is 11.6 Å². The van der Waals surface area contributed by atoms with Gasteiger partial charge in [0.05, 0.1) is 11.3 Å². The molecule has 5 nitrogen and oxygen atoms in total. The van der Waals surface area contributed by atoms with E-state index < -0.39 is 0 Å². The number of benzene rings is 1. The van der Waals surface area contributed by atoms with Crippen LogP contribution in [0.15, 0.2) is 39.2 Å². The molecule has 2 aliphatic rings. The molecular formula is C21H24ClN3O2. The first-order chi connectivity index (χ1) is 13.0. The molecule has 0 amide bonds. The van der Waals surface area contributed by atoms with Crippen molar-refractivity contribution in [2.75, 3.05) is 13.1 Å². The van der Waals surface area contributed by atoms with Gasteiger partial charge in [0.25, 0.3) is 0 Å². The van der Waals surface area contributed by atoms with Crippen LogP contribution in [0, 0.1) is 0 Å². The molecule has 1 aliphatic heterocycles. The van der Waals surface area contributed by atoms with Crippen LogP contribution in [0.5, 0.6) is 0 Å². The minimum Gasteiger partial charge on any atom is -0.369 e. The Morgan fingerprint density at radius 2 is 1.74 bits per heavy atom. The number of Topliss-reactive ketones (excluding diaryl/α,β-unsaturated/α-hetero) is 1. The normalized spacial score (nSPS) is 17.0. The van der Waals surface area contributed by atoms with Crippen LogP contribution in [-0.4, -0.2) is 29.6 Å². The molecule has 142 valence electrons. The summed E-state index contributed by atoms with van der Waals surface area (Å²) in [5, 5.41) is 9.13. The van der Waals surface area contributed by atoms with Crippen LogP contribution in [0.2, 0.25) is 0 Å². The molecule has 0 spiro atoms. The van der Waals surface area contributed by atoms with Crippen LogP contribution in [-0.2, 0) is 0 Å². The van der Waals surface area contributed by atoms with E-state index in [0.717, 1.165) is 31.2 Å². The second kappa shape index (κ2) is 8.17. The lowest BCUT2D eigenvalue weighted by Gasteiger charge is -2.26. The molecule has 0 saturated carbocycles. The summed E-state index contributed by atoms with van der Waals surface area (Å²) >= 11 is 6.48. The lowest BCUT2D eigenvalue weighted by atomic mass is 9.88. The van der Waals surface area contributed by atoms with Crippen molar-refractivity contribution < 1.29 is 9.59 Å². The van der Waals surface area contributed by atoms with E-state index >= 15 is 0 Å². The lowest BCUT2D eigenvalue weighted by Crippen LogP contribution is -2.31. The summed E-state index contributed by atoms with van der Waals surface area (Å²) in [5.41, 5.74) is 2.97. The standard InChI is InChI=1S/C21H24ClN3O2/c1-4-7-8-9-15(22)19-14-11-10-13-17(26)12-16(25(5-2)6-3)21(27)18(13)20(14)24-23-19/h10-12H,4-9H2,1-3H3/b19-15+. The number of allylic oxidation sites excluding steroid dienone is 3. The molecule has 0 radical (unpaired) electrons. The number of ketones is 2. The van der Waals surface area contributed by atoms with E-state index in [9.17, 15) is 9.59 Å². The molecular weight excluding hydrogens is 362 g/mol. The number of hydrogen-bond acceptors (Lipinski definition) is 5. The third kappa shape index (κ3) is 3.48. The maximum absolute atomic E-state index is 13.2. The van der Waals surface area contributed by atoms with Crippen molar-refractivity contribution in [3.63, 3.8) is 0 Å². The van der Waals surface area contributed by atoms with Crippen molar-refractivity contribution in [1.82, 2.24) is 4.90 Å². The molecule has 0 saturated heterocycles. The smallest absolute Gasteiger partial charge is 0.212 e. The first kappa shape index (κ1) is 19.5. The number of halogens is 1. The minimum atomic E-state index is -0.174. The highest BCUT2D eigenvalue weighted by molar-refractivity contribution is 6.33. The van der Waals surface area contributed by atoms with Crippen molar-refractivity contribution in [3.8, 4) is 0 Å². The molecule has 0 fully saturated rings. The van der Waals surface area contributed by atoms with E-state index in [0.29, 0.717) is 46.3 Å². The summed E-state index contributed by atoms with van der Waals surface area (Å²) < 4.78 is 0. The van der Waals surface area contributed by atoms with Gasteiger partial charge in [-0.3, -0.25) is 9.59 Å². The number of rotatable bonds is 7. The van der Waals surface area contributed by atoms with Crippen LogP contribution >= 0.6 is 11.6 Å². The van der Waals surface area contributed by atoms with Gasteiger partial charge in [-0.2, -0.15) is 0 Å². The molecule has 1 heterocycles. The summed E-state index contributed by atoms with van der Waals surface area (Å²) in [6, 6.07) is 3.49. The van der Waals surface area contributed by atoms with Crippen molar-refractivity contribution in [1.29, 1.82) is 0 Å². The predicted molar refractivity (Wildman–Crippen MR) is 108 cm³/mol. The summed E-state index contributed by atoms with van der Waals surface area (Å²) in [5.74, 6) is -0.344. The fourth-order valence-corrected chi connectivity index (χ4v) is 3.79. The number of carbonyl (C=O) groups excluding carboxylic acids is 2. The number of hydrogen-bond donors (Lipinski definition) is 0. The quantitative estimate of drug-likeness (QED) is 0.551. The van der Waals surface area contributed by atoms with E-state index in [1.807, 2.05) is 18.7 Å². The van der Waals surface area contributed by atoms with E-state index in [2.05, 4.69) is 17.2 Å². The summed E-state index contributed by atoms with van der Waals surface area (Å²) in [7, 11) is 0. The monoisotopic (exact) mass is 385 g/mol. The van der Waals surface area contributed by atoms with Crippen LogP contribution in [0.4, 0.5) is 5.69 Å². The van der Waals surface area contributed by atoms with Gasteiger partial charge < -0.3 is 4.90 Å². The largest absolute Gasteiger partial charge is 0.369 e. The fourth-order valence-electron chi connectivity index (χ4n) is 3.52. The molecule has 0 bridgehead atoms. The van der Waals surface area contributed by atoms with E-state index in [1.165, 1.54) is 6.08 Å². The molecule has 1 aromatic rings. The van der Waals surface area contributed by atoms with Gasteiger partial charge in [0, 0.05) is 35.3 Å². The van der Waals surface area contributed by atoms with E-state index in [4.69, 9.17) is 11.6 Å². The highest BCUT2D eigenvalue weighted by atomic mass is 35.5. The number of carbonyl (C=O) groups is 2. The lowest BCUT2D eigenvalue weighted by molar-refractivity contribution is 0.0954. The second-order valence-corrected chi connectivity index (χ2v) is 7.15. The zero-order valence-corrected chi connectivity index (χ0v) is 16.8. The van der Waals surface area contributed by atoms with Gasteiger partial charge >= 0.3 is 0 Å². The number of fused-ring (bicyclic) bond motifs is 3. The topological polar surface area (TPSA) is 62.1 Å². The van der Waals surface area contributed by atoms with Gasteiger partial charge in [0.15, 0.2) is 5.78 Å². The summed E-state index contributed by atoms with van der Waals surface area (Å²) in [6.07, 6.45) is 5.37. The Balaban J connectivity index is 2.04. The average molecular weight is 386 g/mol. The fraction of sp³-hybridized carbons (Fsp3) is 0.429. The molecule has 1 aliphatic carbocycles. The van der Waals surface area contributed by atoms with Crippen LogP contribution in [0.25, 0.3) is 5.70 Å². The van der Waals surface area contributed by atoms with Gasteiger partial charge in [0.1, 0.15) is 11.4 Å². The Kier molecular flexibility index (Phi) is 5.90. The zero-order valence-electron chi connectivity index (χ0n) is 16.0. The van der Waals surface area contributed by atoms with Crippen molar-refractivity contribution in [2.45, 2.75) is 46.5 Å². The maximum atomic E-state index is 13.2. The van der Waals surface area contributed by atoms with Gasteiger partial charge in [0.2, 0.25) is 5.78 Å². The van der Waals surface area contributed by atoms with Crippen molar-refractivity contribution >= 4 is 34.6 Å². The van der Waals surface area contributed by atoms with Crippen molar-refractivity contribution in [2.24, 2.45) is 10.2 Å². The summed E-state index contributed by atoms with van der Waals surface area (Å²) in [4.78, 5) is 27.6. The minimum absolute atomic E-state index is 0.170. The molecule has 6 heteroatoms. The average Bonchev–Trinajstić information content (AvgIpc) is 3.10. The number of unbranched alkanes of at least 4 members (excludes halogenated alkanes) is 2. The maximum Gasteiger partial charge on any atom is 0.212 e. The first-order valence-electron chi connectivity index (χ1n) is 9.56. The Labute approximate surface area is 164 Å². The number of azo groups is 1. The Bertz CT molecular complexity index is 880. The molecule has 0 atom stereocenters. The second-order valence-electron chi connectivity index (χ2n) is 6.69. The number of likely N-dealkylation sites (N-methyl/N-ethyl adjacent to an activating group) is 1. The van der Waals surface area contributed by atoms with Crippen LogP contribution in [0.3, 0.4) is 0 Å². The molecule has 0 N–H and O–H groups in total. The SMILES string of the molecule is CCCCC/C(Cl)=C1\N=Nc2c1ccc1c2C(=O)C(N(CC)CC)=CC1=O. The van der Waals surface area contributed by atoms with Crippen LogP contribution in [0.1, 0.15) is 72.7 Å². The van der Waals surface area contributed by atoms with E-state index in [1.54, 1.807) is 12.1 Å². The third-order valence-corrected chi connectivity index (χ3v) is 5.40. The van der Waals surface area contributed by atoms with Crippen LogP contribution < -0.4 is 0 Å². The predicted octanol–water partition coefficient (Wildman–Crippen LogP) is 5.88. The van der Waals surface area contributed by atoms with Gasteiger partial charge in [-0.15, -0.1) is 10.2 Å². The third-order valence-electron chi connectivity index (χ3n) is 5.04. The van der Waals surface area contributed by atoms with Gasteiger partial charge in [-0.1, -0.05) is 31.4 Å². The highest BCUT2D eigenvalue weighted by Crippen LogP contribution is 2.44. The molecule has 1 aromatic carbocycles. The Hall–Kier alpha value is -2.27. The van der Waals surface area contributed by atoms with Gasteiger partial charge in [-0.25, -0.2) is 0 Å². The first-order valence-corrected chi connectivity index (χ1v) is 9.94. The zero-order chi connectivity index (χ0) is 19.6. The Morgan fingerprint density at radius 3 is 2.41 bits per heavy atom. The van der Waals surface area contributed by atoms with Gasteiger partial charge in [-0.05, 0) is 38.8 Å².